The Hall–Kier alpha value is -4.26. The molecule has 208 valence electrons. The molecule has 1 N–H and O–H groups in total. The van der Waals surface area contributed by atoms with Crippen LogP contribution in [-0.2, 0) is 16.1 Å². The quantitative estimate of drug-likeness (QED) is 0.233. The van der Waals surface area contributed by atoms with Crippen molar-refractivity contribution in [2.75, 3.05) is 11.9 Å². The van der Waals surface area contributed by atoms with Crippen molar-refractivity contribution in [2.45, 2.75) is 47.1 Å². The number of benzene rings is 3. The van der Waals surface area contributed by atoms with Gasteiger partial charge in [0, 0.05) is 24.6 Å². The number of anilines is 1. The van der Waals surface area contributed by atoms with E-state index in [2.05, 4.69) is 38.1 Å². The summed E-state index contributed by atoms with van der Waals surface area (Å²) in [6.07, 6.45) is 1.27. The molecule has 0 saturated carbocycles. The summed E-state index contributed by atoms with van der Waals surface area (Å²) < 4.78 is 15.2. The van der Waals surface area contributed by atoms with Crippen molar-refractivity contribution in [3.63, 3.8) is 0 Å². The van der Waals surface area contributed by atoms with E-state index in [1.165, 1.54) is 12.1 Å². The summed E-state index contributed by atoms with van der Waals surface area (Å²) in [5.41, 5.74) is 3.21. The number of nitrogens with zero attached hydrogens (tertiary/aromatic N) is 3. The van der Waals surface area contributed by atoms with E-state index in [1.807, 2.05) is 60.7 Å². The number of hydrogen-bond acceptors (Lipinski definition) is 3. The van der Waals surface area contributed by atoms with Crippen molar-refractivity contribution in [3.8, 4) is 16.9 Å². The Labute approximate surface area is 235 Å². The molecule has 0 aliphatic carbocycles. The van der Waals surface area contributed by atoms with E-state index in [0.29, 0.717) is 30.2 Å². The fourth-order valence-corrected chi connectivity index (χ4v) is 4.94. The van der Waals surface area contributed by atoms with Crippen LogP contribution in [-0.4, -0.2) is 33.0 Å². The van der Waals surface area contributed by atoms with Crippen LogP contribution < -0.4 is 5.32 Å². The molecule has 0 spiro atoms. The Morgan fingerprint density at radius 1 is 0.950 bits per heavy atom. The van der Waals surface area contributed by atoms with Gasteiger partial charge in [-0.25, -0.2) is 9.07 Å². The van der Waals surface area contributed by atoms with Gasteiger partial charge >= 0.3 is 0 Å². The van der Waals surface area contributed by atoms with Crippen LogP contribution in [0.2, 0.25) is 0 Å². The molecule has 7 heteroatoms. The predicted octanol–water partition coefficient (Wildman–Crippen LogP) is 7.11. The molecule has 0 aliphatic rings. The number of hydrogen-bond donors (Lipinski definition) is 1. The van der Waals surface area contributed by atoms with E-state index in [4.69, 9.17) is 0 Å². The average Bonchev–Trinajstić information content (AvgIpc) is 3.32. The third kappa shape index (κ3) is 8.12. The van der Waals surface area contributed by atoms with Crippen LogP contribution in [0.4, 0.5) is 10.2 Å². The highest BCUT2D eigenvalue weighted by Crippen LogP contribution is 2.27. The van der Waals surface area contributed by atoms with Gasteiger partial charge in [-0.15, -0.1) is 0 Å². The second-order valence-corrected chi connectivity index (χ2v) is 11.5. The summed E-state index contributed by atoms with van der Waals surface area (Å²) >= 11 is 0. The minimum atomic E-state index is -0.361. The predicted molar refractivity (Wildman–Crippen MR) is 157 cm³/mol. The van der Waals surface area contributed by atoms with Crippen LogP contribution in [0.15, 0.2) is 91.0 Å². The Morgan fingerprint density at radius 2 is 1.57 bits per heavy atom. The molecule has 1 aromatic heterocycles. The van der Waals surface area contributed by atoms with E-state index in [-0.39, 0.29) is 35.5 Å². The molecule has 0 radical (unpaired) electrons. The topological polar surface area (TPSA) is 67.2 Å². The Balaban J connectivity index is 1.57. The van der Waals surface area contributed by atoms with Crippen molar-refractivity contribution >= 4 is 17.6 Å². The number of carbonyl (C=O) groups is 2. The standard InChI is InChI=1S/C33H37FN4O2/c1-24(21-33(2,3)4)19-32(40)37(22-25-11-7-5-8-12-25)23-31(39)35-30-20-29(26-13-9-6-10-14-26)36-38(30)28-17-15-27(34)16-18-28/h5-18,20,24H,19,21-23H2,1-4H3,(H,35,39). The highest BCUT2D eigenvalue weighted by atomic mass is 19.1. The molecule has 0 bridgehead atoms. The van der Waals surface area contributed by atoms with Crippen molar-refractivity contribution in [2.24, 2.45) is 11.3 Å². The number of nitrogens with one attached hydrogen (secondary N) is 1. The molecule has 1 atom stereocenters. The lowest BCUT2D eigenvalue weighted by atomic mass is 9.84. The largest absolute Gasteiger partial charge is 0.329 e. The van der Waals surface area contributed by atoms with Gasteiger partial charge in [0.1, 0.15) is 18.2 Å². The zero-order valence-electron chi connectivity index (χ0n) is 23.6. The molecule has 6 nitrogen and oxygen atoms in total. The minimum Gasteiger partial charge on any atom is -0.329 e. The van der Waals surface area contributed by atoms with Crippen LogP contribution in [0.5, 0.6) is 0 Å². The zero-order chi connectivity index (χ0) is 28.7. The molecular weight excluding hydrogens is 503 g/mol. The number of aromatic nitrogens is 2. The molecule has 2 amide bonds. The molecule has 3 aromatic carbocycles. The van der Waals surface area contributed by atoms with E-state index in [1.54, 1.807) is 27.8 Å². The van der Waals surface area contributed by atoms with Crippen molar-refractivity contribution in [1.29, 1.82) is 0 Å². The second-order valence-electron chi connectivity index (χ2n) is 11.5. The fraction of sp³-hybridized carbons (Fsp3) is 0.303. The van der Waals surface area contributed by atoms with Crippen LogP contribution in [0.25, 0.3) is 16.9 Å². The zero-order valence-corrected chi connectivity index (χ0v) is 23.6. The van der Waals surface area contributed by atoms with Gasteiger partial charge in [0.25, 0.3) is 0 Å². The third-order valence-electron chi connectivity index (χ3n) is 6.50. The Kier molecular flexibility index (Phi) is 9.15. The van der Waals surface area contributed by atoms with Gasteiger partial charge in [-0.1, -0.05) is 88.4 Å². The first kappa shape index (κ1) is 28.7. The first-order valence-electron chi connectivity index (χ1n) is 13.6. The number of halogens is 1. The minimum absolute atomic E-state index is 0.0623. The van der Waals surface area contributed by atoms with Gasteiger partial charge in [0.05, 0.1) is 11.4 Å². The molecule has 4 aromatic rings. The van der Waals surface area contributed by atoms with Gasteiger partial charge in [0.15, 0.2) is 0 Å². The van der Waals surface area contributed by atoms with Crippen LogP contribution >= 0.6 is 0 Å². The Bertz CT molecular complexity index is 1410. The normalized spacial score (nSPS) is 12.1. The van der Waals surface area contributed by atoms with Crippen LogP contribution in [0.3, 0.4) is 0 Å². The van der Waals surface area contributed by atoms with Crippen molar-refractivity contribution < 1.29 is 14.0 Å². The first-order chi connectivity index (χ1) is 19.1. The first-order valence-corrected chi connectivity index (χ1v) is 13.6. The van der Waals surface area contributed by atoms with E-state index in [9.17, 15) is 14.0 Å². The summed E-state index contributed by atoms with van der Waals surface area (Å²) in [6, 6.07) is 27.0. The second kappa shape index (κ2) is 12.7. The van der Waals surface area contributed by atoms with Gasteiger partial charge in [-0.2, -0.15) is 5.10 Å². The molecule has 40 heavy (non-hydrogen) atoms. The highest BCUT2D eigenvalue weighted by molar-refractivity contribution is 5.94. The number of carbonyl (C=O) groups excluding carboxylic acids is 2. The van der Waals surface area contributed by atoms with E-state index >= 15 is 0 Å². The third-order valence-corrected chi connectivity index (χ3v) is 6.50. The maximum atomic E-state index is 13.6. The average molecular weight is 541 g/mol. The number of rotatable bonds is 10. The van der Waals surface area contributed by atoms with Crippen molar-refractivity contribution in [1.82, 2.24) is 14.7 Å². The molecule has 4 rings (SSSR count). The van der Waals surface area contributed by atoms with Crippen molar-refractivity contribution in [3.05, 3.63) is 102 Å². The van der Waals surface area contributed by atoms with Crippen LogP contribution in [0, 0.1) is 17.2 Å². The highest BCUT2D eigenvalue weighted by Gasteiger charge is 2.24. The van der Waals surface area contributed by atoms with E-state index in [0.717, 1.165) is 17.5 Å². The number of amides is 2. The molecule has 1 unspecified atom stereocenters. The van der Waals surface area contributed by atoms with Gasteiger partial charge in [-0.3, -0.25) is 9.59 Å². The molecule has 0 fully saturated rings. The lowest BCUT2D eigenvalue weighted by Crippen LogP contribution is -2.38. The fourth-order valence-electron chi connectivity index (χ4n) is 4.94. The molecule has 0 saturated heterocycles. The molecular formula is C33H37FN4O2. The lowest BCUT2D eigenvalue weighted by molar-refractivity contribution is -0.136. The van der Waals surface area contributed by atoms with E-state index < -0.39 is 0 Å². The summed E-state index contributed by atoms with van der Waals surface area (Å²) in [6.45, 7) is 8.80. The smallest absolute Gasteiger partial charge is 0.245 e. The van der Waals surface area contributed by atoms with Crippen LogP contribution in [0.1, 0.15) is 46.1 Å². The summed E-state index contributed by atoms with van der Waals surface area (Å²) in [5.74, 6) is -0.144. The SMILES string of the molecule is CC(CC(=O)N(CC(=O)Nc1cc(-c2ccccc2)nn1-c1ccc(F)cc1)Cc1ccccc1)CC(C)(C)C. The van der Waals surface area contributed by atoms with Gasteiger partial charge in [-0.05, 0) is 47.6 Å². The van der Waals surface area contributed by atoms with Gasteiger partial charge in [0.2, 0.25) is 11.8 Å². The summed E-state index contributed by atoms with van der Waals surface area (Å²) in [7, 11) is 0. The Morgan fingerprint density at radius 3 is 2.20 bits per heavy atom. The molecule has 1 heterocycles. The molecule has 0 aliphatic heterocycles. The maximum Gasteiger partial charge on any atom is 0.245 e. The lowest BCUT2D eigenvalue weighted by Gasteiger charge is -2.27. The summed E-state index contributed by atoms with van der Waals surface area (Å²) in [4.78, 5) is 28.5. The summed E-state index contributed by atoms with van der Waals surface area (Å²) in [5, 5.41) is 7.64. The monoisotopic (exact) mass is 540 g/mol. The maximum absolute atomic E-state index is 13.6. The van der Waals surface area contributed by atoms with Gasteiger partial charge < -0.3 is 10.2 Å².